The summed E-state index contributed by atoms with van der Waals surface area (Å²) in [6.07, 6.45) is 1.98. The van der Waals surface area contributed by atoms with Gasteiger partial charge in [0, 0.05) is 35.8 Å². The molecule has 1 aliphatic heterocycles. The molecule has 0 spiro atoms. The van der Waals surface area contributed by atoms with Gasteiger partial charge >= 0.3 is 6.03 Å². The van der Waals surface area contributed by atoms with Crippen molar-refractivity contribution in [3.63, 3.8) is 0 Å². The van der Waals surface area contributed by atoms with Gasteiger partial charge in [0.05, 0.1) is 7.11 Å². The normalized spacial score (nSPS) is 15.2. The number of piperidine rings is 1. The Morgan fingerprint density at radius 3 is 2.66 bits per heavy atom. The van der Waals surface area contributed by atoms with Crippen molar-refractivity contribution in [2.24, 2.45) is 0 Å². The number of amides is 2. The predicted octanol–water partition coefficient (Wildman–Crippen LogP) is 5.28. The van der Waals surface area contributed by atoms with Gasteiger partial charge in [0.2, 0.25) is 0 Å². The van der Waals surface area contributed by atoms with E-state index in [-0.39, 0.29) is 12.1 Å². The third kappa shape index (κ3) is 5.73. The summed E-state index contributed by atoms with van der Waals surface area (Å²) in [6, 6.07) is 14.0. The molecule has 6 heteroatoms. The van der Waals surface area contributed by atoms with E-state index in [0.29, 0.717) is 6.54 Å². The predicted molar refractivity (Wildman–Crippen MR) is 122 cm³/mol. The zero-order valence-corrected chi connectivity index (χ0v) is 19.0. The minimum absolute atomic E-state index is 0.0514. The van der Waals surface area contributed by atoms with E-state index in [2.05, 4.69) is 33.1 Å². The van der Waals surface area contributed by atoms with Crippen molar-refractivity contribution < 1.29 is 9.53 Å². The SMILES string of the molecule is CCN1CCC(N(Cc2cccc(OC)c2)C(=O)Nc2ccc(Br)c(C)c2)CC1. The van der Waals surface area contributed by atoms with Crippen LogP contribution in [0, 0.1) is 6.92 Å². The van der Waals surface area contributed by atoms with Crippen LogP contribution in [-0.2, 0) is 6.54 Å². The zero-order chi connectivity index (χ0) is 20.8. The highest BCUT2D eigenvalue weighted by atomic mass is 79.9. The van der Waals surface area contributed by atoms with E-state index in [1.54, 1.807) is 7.11 Å². The number of nitrogens with zero attached hydrogens (tertiary/aromatic N) is 2. The van der Waals surface area contributed by atoms with Crippen molar-refractivity contribution >= 4 is 27.6 Å². The standard InChI is InChI=1S/C23H30BrN3O2/c1-4-26-12-10-20(11-13-26)27(16-18-6-5-7-21(15-18)29-3)23(28)25-19-8-9-22(24)17(2)14-19/h5-9,14-15,20H,4,10-13,16H2,1-3H3,(H,25,28). The number of methoxy groups -OCH3 is 1. The number of likely N-dealkylation sites (tertiary alicyclic amines) is 1. The van der Waals surface area contributed by atoms with Crippen molar-refractivity contribution in [3.05, 3.63) is 58.1 Å². The maximum Gasteiger partial charge on any atom is 0.322 e. The van der Waals surface area contributed by atoms with E-state index in [1.807, 2.05) is 54.3 Å². The molecule has 0 atom stereocenters. The lowest BCUT2D eigenvalue weighted by Crippen LogP contribution is -2.48. The van der Waals surface area contributed by atoms with Gasteiger partial charge in [-0.05, 0) is 67.8 Å². The first-order valence-corrected chi connectivity index (χ1v) is 11.0. The van der Waals surface area contributed by atoms with Gasteiger partial charge in [0.25, 0.3) is 0 Å². The molecule has 1 heterocycles. The molecular formula is C23H30BrN3O2. The largest absolute Gasteiger partial charge is 0.497 e. The highest BCUT2D eigenvalue weighted by Gasteiger charge is 2.28. The molecule has 1 fully saturated rings. The van der Waals surface area contributed by atoms with Gasteiger partial charge in [0.1, 0.15) is 5.75 Å². The van der Waals surface area contributed by atoms with Crippen LogP contribution in [0.1, 0.15) is 30.9 Å². The van der Waals surface area contributed by atoms with Gasteiger partial charge in [0.15, 0.2) is 0 Å². The van der Waals surface area contributed by atoms with Gasteiger partial charge < -0.3 is 19.9 Å². The van der Waals surface area contributed by atoms with E-state index >= 15 is 0 Å². The Kier molecular flexibility index (Phi) is 7.56. The number of anilines is 1. The molecule has 1 saturated heterocycles. The Balaban J connectivity index is 1.79. The van der Waals surface area contributed by atoms with Crippen LogP contribution in [0.15, 0.2) is 46.9 Å². The number of urea groups is 1. The average molecular weight is 460 g/mol. The van der Waals surface area contributed by atoms with Crippen LogP contribution >= 0.6 is 15.9 Å². The molecule has 156 valence electrons. The lowest BCUT2D eigenvalue weighted by molar-refractivity contribution is 0.126. The van der Waals surface area contributed by atoms with Gasteiger partial charge in [-0.15, -0.1) is 0 Å². The van der Waals surface area contributed by atoms with Crippen LogP contribution in [0.5, 0.6) is 5.75 Å². The Morgan fingerprint density at radius 2 is 2.00 bits per heavy atom. The zero-order valence-electron chi connectivity index (χ0n) is 17.5. The van der Waals surface area contributed by atoms with E-state index in [9.17, 15) is 4.79 Å². The summed E-state index contributed by atoms with van der Waals surface area (Å²) >= 11 is 3.52. The molecule has 2 aromatic carbocycles. The van der Waals surface area contributed by atoms with E-state index in [1.165, 1.54) is 0 Å². The van der Waals surface area contributed by atoms with Crippen LogP contribution in [0.3, 0.4) is 0 Å². The number of benzene rings is 2. The number of aryl methyl sites for hydroxylation is 1. The fourth-order valence-electron chi connectivity index (χ4n) is 3.80. The number of halogens is 1. The minimum Gasteiger partial charge on any atom is -0.497 e. The fourth-order valence-corrected chi connectivity index (χ4v) is 4.05. The number of rotatable bonds is 6. The Hall–Kier alpha value is -2.05. The maximum atomic E-state index is 13.3. The topological polar surface area (TPSA) is 44.8 Å². The summed E-state index contributed by atoms with van der Waals surface area (Å²) in [5, 5.41) is 3.10. The van der Waals surface area contributed by atoms with Gasteiger partial charge in [-0.3, -0.25) is 0 Å². The molecule has 0 aliphatic carbocycles. The van der Waals surface area contributed by atoms with Crippen molar-refractivity contribution in [3.8, 4) is 5.75 Å². The quantitative estimate of drug-likeness (QED) is 0.638. The van der Waals surface area contributed by atoms with Crippen LogP contribution in [0.4, 0.5) is 10.5 Å². The molecule has 1 aliphatic rings. The first-order chi connectivity index (χ1) is 14.0. The van der Waals surface area contributed by atoms with Gasteiger partial charge in [-0.1, -0.05) is 35.0 Å². The minimum atomic E-state index is -0.0514. The molecule has 3 rings (SSSR count). The van der Waals surface area contributed by atoms with Crippen LogP contribution in [0.25, 0.3) is 0 Å². The van der Waals surface area contributed by atoms with Crippen LogP contribution in [-0.4, -0.2) is 48.6 Å². The molecule has 2 aromatic rings. The lowest BCUT2D eigenvalue weighted by Gasteiger charge is -2.38. The second kappa shape index (κ2) is 10.1. The average Bonchev–Trinajstić information content (AvgIpc) is 2.75. The molecular weight excluding hydrogens is 430 g/mol. The number of hydrogen-bond donors (Lipinski definition) is 1. The number of nitrogens with one attached hydrogen (secondary N) is 1. The van der Waals surface area contributed by atoms with Gasteiger partial charge in [-0.25, -0.2) is 4.79 Å². The second-order valence-corrected chi connectivity index (χ2v) is 8.39. The highest BCUT2D eigenvalue weighted by molar-refractivity contribution is 9.10. The lowest BCUT2D eigenvalue weighted by atomic mass is 10.0. The summed E-state index contributed by atoms with van der Waals surface area (Å²) in [5.74, 6) is 0.812. The van der Waals surface area contributed by atoms with Crippen molar-refractivity contribution in [1.82, 2.24) is 9.80 Å². The monoisotopic (exact) mass is 459 g/mol. The van der Waals surface area contributed by atoms with Gasteiger partial charge in [-0.2, -0.15) is 0 Å². The number of carbonyl (C=O) groups excluding carboxylic acids is 1. The summed E-state index contributed by atoms with van der Waals surface area (Å²) in [4.78, 5) is 17.7. The summed E-state index contributed by atoms with van der Waals surface area (Å²) in [6.45, 7) is 7.90. The molecule has 1 N–H and O–H groups in total. The third-order valence-corrected chi connectivity index (χ3v) is 6.49. The Labute approximate surface area is 182 Å². The molecule has 2 amide bonds. The molecule has 0 radical (unpaired) electrons. The second-order valence-electron chi connectivity index (χ2n) is 7.54. The third-order valence-electron chi connectivity index (χ3n) is 5.60. The van der Waals surface area contributed by atoms with E-state index in [0.717, 1.165) is 59.5 Å². The number of carbonyl (C=O) groups is 1. The summed E-state index contributed by atoms with van der Waals surface area (Å²) in [5.41, 5.74) is 2.99. The Bertz CT molecular complexity index is 835. The van der Waals surface area contributed by atoms with Crippen molar-refractivity contribution in [2.45, 2.75) is 39.3 Å². The fraction of sp³-hybridized carbons (Fsp3) is 0.435. The first kappa shape index (κ1) is 21.7. The first-order valence-electron chi connectivity index (χ1n) is 10.2. The number of ether oxygens (including phenoxy) is 1. The van der Waals surface area contributed by atoms with Crippen LogP contribution < -0.4 is 10.1 Å². The molecule has 0 aromatic heterocycles. The van der Waals surface area contributed by atoms with Crippen LogP contribution in [0.2, 0.25) is 0 Å². The molecule has 0 bridgehead atoms. The smallest absolute Gasteiger partial charge is 0.322 e. The van der Waals surface area contributed by atoms with E-state index < -0.39 is 0 Å². The summed E-state index contributed by atoms with van der Waals surface area (Å²) < 4.78 is 6.40. The van der Waals surface area contributed by atoms with Crippen molar-refractivity contribution in [1.29, 1.82) is 0 Å². The molecule has 29 heavy (non-hydrogen) atoms. The summed E-state index contributed by atoms with van der Waals surface area (Å²) in [7, 11) is 1.67. The highest BCUT2D eigenvalue weighted by Crippen LogP contribution is 2.24. The van der Waals surface area contributed by atoms with Crippen molar-refractivity contribution in [2.75, 3.05) is 32.1 Å². The molecule has 0 unspecified atom stereocenters. The molecule has 5 nitrogen and oxygen atoms in total. The maximum absolute atomic E-state index is 13.3. The number of hydrogen-bond acceptors (Lipinski definition) is 3. The Morgan fingerprint density at radius 1 is 1.24 bits per heavy atom. The van der Waals surface area contributed by atoms with E-state index in [4.69, 9.17) is 4.74 Å². The molecule has 0 saturated carbocycles.